The van der Waals surface area contributed by atoms with Crippen molar-refractivity contribution >= 4 is 17.3 Å². The number of rotatable bonds is 6. The number of hydrogen-bond acceptors (Lipinski definition) is 7. The van der Waals surface area contributed by atoms with Gasteiger partial charge in [0.05, 0.1) is 6.42 Å². The van der Waals surface area contributed by atoms with Crippen LogP contribution in [0.1, 0.15) is 36.5 Å². The number of Topliss-reactive ketones (excluding diaryl/α,β-unsaturated/α-hetero) is 1. The van der Waals surface area contributed by atoms with Crippen LogP contribution in [-0.2, 0) is 11.2 Å². The van der Waals surface area contributed by atoms with Crippen molar-refractivity contribution in [2.24, 2.45) is 0 Å². The minimum Gasteiger partial charge on any atom is -0.507 e. The summed E-state index contributed by atoms with van der Waals surface area (Å²) in [6.45, 7) is 3.73. The Labute approximate surface area is 172 Å². The molecule has 0 bridgehead atoms. The molecule has 0 unspecified atom stereocenters. The summed E-state index contributed by atoms with van der Waals surface area (Å²) in [7, 11) is 0. The molecular formula is C21H22N4O5. The van der Waals surface area contributed by atoms with E-state index < -0.39 is 5.60 Å². The summed E-state index contributed by atoms with van der Waals surface area (Å²) < 4.78 is 13.1. The van der Waals surface area contributed by atoms with Gasteiger partial charge < -0.3 is 19.9 Å². The van der Waals surface area contributed by atoms with Gasteiger partial charge in [0.15, 0.2) is 18.0 Å². The van der Waals surface area contributed by atoms with Crippen molar-refractivity contribution in [3.05, 3.63) is 47.9 Å². The van der Waals surface area contributed by atoms with E-state index in [0.29, 0.717) is 13.0 Å². The summed E-state index contributed by atoms with van der Waals surface area (Å²) in [6, 6.07) is 8.46. The van der Waals surface area contributed by atoms with E-state index in [1.54, 1.807) is 13.8 Å². The van der Waals surface area contributed by atoms with Crippen molar-refractivity contribution in [2.45, 2.75) is 32.3 Å². The molecule has 0 saturated heterocycles. The molecule has 2 N–H and O–H groups in total. The molecule has 0 saturated carbocycles. The van der Waals surface area contributed by atoms with E-state index in [0.717, 1.165) is 11.5 Å². The highest BCUT2D eigenvalue weighted by Gasteiger charge is 2.35. The first-order valence-electron chi connectivity index (χ1n) is 9.60. The fraction of sp³-hybridized carbons (Fsp3) is 0.333. The van der Waals surface area contributed by atoms with E-state index in [9.17, 15) is 14.7 Å². The molecule has 2 aromatic heterocycles. The number of aromatic nitrogens is 3. The second kappa shape index (κ2) is 7.66. The lowest BCUT2D eigenvalue weighted by atomic mass is 9.92. The Balaban J connectivity index is 1.33. The van der Waals surface area contributed by atoms with Crippen molar-refractivity contribution in [1.82, 2.24) is 19.9 Å². The summed E-state index contributed by atoms with van der Waals surface area (Å²) >= 11 is 0. The molecule has 0 atom stereocenters. The topological polar surface area (TPSA) is 115 Å². The Kier molecular flexibility index (Phi) is 5.03. The molecule has 9 heteroatoms. The lowest BCUT2D eigenvalue weighted by Crippen LogP contribution is -2.36. The van der Waals surface area contributed by atoms with Crippen molar-refractivity contribution in [2.75, 3.05) is 13.2 Å². The van der Waals surface area contributed by atoms with Crippen LogP contribution in [0.4, 0.5) is 0 Å². The molecule has 9 nitrogen and oxygen atoms in total. The van der Waals surface area contributed by atoms with Crippen LogP contribution in [0.3, 0.4) is 0 Å². The molecule has 0 fully saturated rings. The van der Waals surface area contributed by atoms with Crippen molar-refractivity contribution < 1.29 is 24.2 Å². The molecule has 3 heterocycles. The number of fused-ring (bicyclic) bond motifs is 2. The van der Waals surface area contributed by atoms with Gasteiger partial charge in [0.2, 0.25) is 0 Å². The number of nitrogens with zero attached hydrogens (tertiary/aromatic N) is 3. The number of ketones is 1. The first kappa shape index (κ1) is 19.7. The number of pyridine rings is 1. The first-order chi connectivity index (χ1) is 14.3. The summed E-state index contributed by atoms with van der Waals surface area (Å²) in [5.41, 5.74) is 0.225. The number of ether oxygens (including phenoxy) is 2. The molecule has 3 aromatic rings. The van der Waals surface area contributed by atoms with E-state index in [2.05, 4.69) is 15.5 Å². The third-order valence-corrected chi connectivity index (χ3v) is 4.73. The van der Waals surface area contributed by atoms with E-state index >= 15 is 0 Å². The van der Waals surface area contributed by atoms with Gasteiger partial charge in [-0.15, -0.1) is 10.2 Å². The molecule has 0 aliphatic carbocycles. The Hall–Kier alpha value is -3.62. The van der Waals surface area contributed by atoms with Crippen LogP contribution in [-0.4, -0.2) is 50.1 Å². The lowest BCUT2D eigenvalue weighted by Gasteiger charge is -2.32. The average Bonchev–Trinajstić information content (AvgIpc) is 3.08. The fourth-order valence-electron chi connectivity index (χ4n) is 3.40. The van der Waals surface area contributed by atoms with Crippen LogP contribution in [0.25, 0.3) is 5.65 Å². The monoisotopic (exact) mass is 410 g/mol. The van der Waals surface area contributed by atoms with Crippen LogP contribution in [0.2, 0.25) is 0 Å². The van der Waals surface area contributed by atoms with Crippen LogP contribution in [0.15, 0.2) is 36.5 Å². The Morgan fingerprint density at radius 1 is 1.33 bits per heavy atom. The number of phenolic OH excluding ortho intramolecular Hbond substituents is 1. The maximum atomic E-state index is 12.2. The summed E-state index contributed by atoms with van der Waals surface area (Å²) in [4.78, 5) is 24.4. The molecule has 1 amide bonds. The summed E-state index contributed by atoms with van der Waals surface area (Å²) in [5, 5.41) is 21.1. The third kappa shape index (κ3) is 4.05. The predicted molar refractivity (Wildman–Crippen MR) is 107 cm³/mol. The standard InChI is InChI=1S/C21H22N4O5/c1-21(2)11-15(27)20-14(26)9-13(10-16(20)30-21)29-12-19(28)22-7-6-18-24-23-17-5-3-4-8-25(17)18/h3-5,8-10,26H,6-7,11-12H2,1-2H3,(H,22,28). The zero-order valence-corrected chi connectivity index (χ0v) is 16.7. The Morgan fingerprint density at radius 2 is 2.17 bits per heavy atom. The van der Waals surface area contributed by atoms with E-state index in [1.807, 2.05) is 28.8 Å². The number of carbonyl (C=O) groups is 2. The van der Waals surface area contributed by atoms with Crippen molar-refractivity contribution in [1.29, 1.82) is 0 Å². The van der Waals surface area contributed by atoms with Crippen LogP contribution >= 0.6 is 0 Å². The zero-order chi connectivity index (χ0) is 21.3. The molecule has 156 valence electrons. The zero-order valence-electron chi connectivity index (χ0n) is 16.7. The number of aromatic hydroxyl groups is 1. The maximum absolute atomic E-state index is 12.2. The number of phenols is 1. The minimum atomic E-state index is -0.668. The molecule has 0 radical (unpaired) electrons. The van der Waals surface area contributed by atoms with E-state index in [-0.39, 0.29) is 47.5 Å². The number of carbonyl (C=O) groups excluding carboxylic acids is 2. The molecule has 1 aliphatic rings. The molecule has 30 heavy (non-hydrogen) atoms. The van der Waals surface area contributed by atoms with Gasteiger partial charge in [-0.2, -0.15) is 0 Å². The largest absolute Gasteiger partial charge is 0.507 e. The highest BCUT2D eigenvalue weighted by molar-refractivity contribution is 6.03. The molecular weight excluding hydrogens is 388 g/mol. The van der Waals surface area contributed by atoms with Gasteiger partial charge in [0.1, 0.15) is 34.2 Å². The first-order valence-corrected chi connectivity index (χ1v) is 9.60. The van der Waals surface area contributed by atoms with Gasteiger partial charge >= 0.3 is 0 Å². The Bertz CT molecular complexity index is 1120. The number of nitrogens with one attached hydrogen (secondary N) is 1. The molecule has 1 aromatic carbocycles. The van der Waals surface area contributed by atoms with E-state index in [4.69, 9.17) is 9.47 Å². The second-order valence-electron chi connectivity index (χ2n) is 7.71. The lowest BCUT2D eigenvalue weighted by molar-refractivity contribution is -0.123. The van der Waals surface area contributed by atoms with Gasteiger partial charge in [-0.3, -0.25) is 14.0 Å². The molecule has 4 rings (SSSR count). The number of hydrogen-bond donors (Lipinski definition) is 2. The van der Waals surface area contributed by atoms with Gasteiger partial charge in [-0.25, -0.2) is 0 Å². The van der Waals surface area contributed by atoms with Crippen LogP contribution < -0.4 is 14.8 Å². The summed E-state index contributed by atoms with van der Waals surface area (Å²) in [6.07, 6.45) is 2.56. The number of benzene rings is 1. The SMILES string of the molecule is CC1(C)CC(=O)c2c(O)cc(OCC(=O)NCCc3nnc4ccccn34)cc2O1. The number of amides is 1. The van der Waals surface area contributed by atoms with Crippen LogP contribution in [0, 0.1) is 0 Å². The average molecular weight is 410 g/mol. The van der Waals surface area contributed by atoms with Crippen molar-refractivity contribution in [3.63, 3.8) is 0 Å². The van der Waals surface area contributed by atoms with Gasteiger partial charge in [-0.05, 0) is 26.0 Å². The smallest absolute Gasteiger partial charge is 0.257 e. The normalized spacial score (nSPS) is 14.8. The third-order valence-electron chi connectivity index (χ3n) is 4.73. The second-order valence-corrected chi connectivity index (χ2v) is 7.71. The van der Waals surface area contributed by atoms with Gasteiger partial charge in [-0.1, -0.05) is 6.07 Å². The van der Waals surface area contributed by atoms with Gasteiger partial charge in [0.25, 0.3) is 5.91 Å². The highest BCUT2D eigenvalue weighted by atomic mass is 16.5. The maximum Gasteiger partial charge on any atom is 0.257 e. The quantitative estimate of drug-likeness (QED) is 0.638. The highest BCUT2D eigenvalue weighted by Crippen LogP contribution is 2.40. The van der Waals surface area contributed by atoms with Crippen molar-refractivity contribution in [3.8, 4) is 17.2 Å². The predicted octanol–water partition coefficient (Wildman–Crippen LogP) is 1.92. The fourth-order valence-corrected chi connectivity index (χ4v) is 3.40. The molecule has 1 aliphatic heterocycles. The van der Waals surface area contributed by atoms with Gasteiger partial charge in [0, 0.05) is 31.3 Å². The Morgan fingerprint density at radius 3 is 3.00 bits per heavy atom. The molecule has 0 spiro atoms. The minimum absolute atomic E-state index is 0.145. The van der Waals surface area contributed by atoms with E-state index in [1.165, 1.54) is 12.1 Å². The summed E-state index contributed by atoms with van der Waals surface area (Å²) in [5.74, 6) is 0.515. The van der Waals surface area contributed by atoms with Crippen LogP contribution in [0.5, 0.6) is 17.2 Å².